The normalized spacial score (nSPS) is 12.1. The summed E-state index contributed by atoms with van der Waals surface area (Å²) in [7, 11) is 0. The van der Waals surface area contributed by atoms with Gasteiger partial charge >= 0.3 is 0 Å². The fraction of sp³-hybridized carbons (Fsp3) is 0.353. The first-order valence-corrected chi connectivity index (χ1v) is 7.73. The third-order valence-electron chi connectivity index (χ3n) is 3.21. The maximum absolute atomic E-state index is 5.85. The lowest BCUT2D eigenvalue weighted by atomic mass is 10.1. The minimum absolute atomic E-state index is 0.300. The number of benzene rings is 1. The summed E-state index contributed by atoms with van der Waals surface area (Å²) in [6, 6.07) is 11.6. The Bertz CT molecular complexity index is 540. The number of aromatic nitrogens is 1. The number of pyridine rings is 1. The average Bonchev–Trinajstić information content (AvgIpc) is 2.52. The fourth-order valence-electron chi connectivity index (χ4n) is 2.07. The topological polar surface area (TPSA) is 34.1 Å². The zero-order chi connectivity index (χ0) is 15.1. The lowest BCUT2D eigenvalue weighted by molar-refractivity contribution is 0.474. The quantitative estimate of drug-likeness (QED) is 0.783. The Labute approximate surface area is 131 Å². The van der Waals surface area contributed by atoms with Crippen molar-refractivity contribution in [3.63, 3.8) is 0 Å². The Morgan fingerprint density at radius 3 is 2.38 bits per heavy atom. The van der Waals surface area contributed by atoms with Gasteiger partial charge in [-0.05, 0) is 55.8 Å². The highest BCUT2D eigenvalue weighted by atomic mass is 35.5. The predicted octanol–water partition coefficient (Wildman–Crippen LogP) is 4.98. The Morgan fingerprint density at radius 1 is 1.10 bits per heavy atom. The Balaban J connectivity index is 2.02. The van der Waals surface area contributed by atoms with Gasteiger partial charge in [-0.2, -0.15) is 0 Å². The summed E-state index contributed by atoms with van der Waals surface area (Å²) in [5.74, 6) is 1.48. The molecule has 0 radical (unpaired) electrons. The number of hydrogen-bond acceptors (Lipinski definition) is 3. The van der Waals surface area contributed by atoms with Crippen LogP contribution in [0, 0.1) is 0 Å². The summed E-state index contributed by atoms with van der Waals surface area (Å²) in [6.07, 6.45) is 3.90. The largest absolute Gasteiger partial charge is 0.456 e. The number of rotatable bonds is 7. The van der Waals surface area contributed by atoms with E-state index in [0.29, 0.717) is 11.1 Å². The van der Waals surface area contributed by atoms with E-state index in [1.54, 1.807) is 18.3 Å². The van der Waals surface area contributed by atoms with Gasteiger partial charge in [0.2, 0.25) is 0 Å². The number of nitrogens with one attached hydrogen (secondary N) is 1. The molecule has 112 valence electrons. The number of halogens is 1. The molecule has 1 heterocycles. The van der Waals surface area contributed by atoms with Crippen LogP contribution >= 0.6 is 11.6 Å². The third kappa shape index (κ3) is 4.73. The SMILES string of the molecule is CCCNC(CC)c1ccc(Oc2ccc(Cl)cc2)cn1. The van der Waals surface area contributed by atoms with Crippen molar-refractivity contribution in [1.29, 1.82) is 0 Å². The number of hydrogen-bond donors (Lipinski definition) is 1. The van der Waals surface area contributed by atoms with E-state index >= 15 is 0 Å². The molecule has 4 heteroatoms. The summed E-state index contributed by atoms with van der Waals surface area (Å²) in [6.45, 7) is 5.33. The molecular weight excluding hydrogens is 284 g/mol. The van der Waals surface area contributed by atoms with E-state index in [1.165, 1.54) is 0 Å². The first-order valence-electron chi connectivity index (χ1n) is 7.35. The fourth-order valence-corrected chi connectivity index (χ4v) is 2.20. The average molecular weight is 305 g/mol. The maximum Gasteiger partial charge on any atom is 0.145 e. The summed E-state index contributed by atoms with van der Waals surface area (Å²) in [5, 5.41) is 4.19. The number of ether oxygens (including phenoxy) is 1. The molecular formula is C17H21ClN2O. The lowest BCUT2D eigenvalue weighted by Gasteiger charge is -2.16. The van der Waals surface area contributed by atoms with Crippen LogP contribution < -0.4 is 10.1 Å². The van der Waals surface area contributed by atoms with Gasteiger partial charge in [-0.15, -0.1) is 0 Å². The van der Waals surface area contributed by atoms with Gasteiger partial charge in [0.25, 0.3) is 0 Å². The van der Waals surface area contributed by atoms with E-state index in [1.807, 2.05) is 24.3 Å². The van der Waals surface area contributed by atoms with Crippen molar-refractivity contribution in [1.82, 2.24) is 10.3 Å². The van der Waals surface area contributed by atoms with Crippen LogP contribution in [0.4, 0.5) is 0 Å². The van der Waals surface area contributed by atoms with E-state index in [0.717, 1.165) is 36.6 Å². The second-order valence-electron chi connectivity index (χ2n) is 4.89. The molecule has 0 aliphatic heterocycles. The Kier molecular flexibility index (Phi) is 6.03. The van der Waals surface area contributed by atoms with E-state index in [4.69, 9.17) is 16.3 Å². The summed E-state index contributed by atoms with van der Waals surface area (Å²) >= 11 is 5.85. The van der Waals surface area contributed by atoms with Crippen LogP contribution in [0.25, 0.3) is 0 Å². The molecule has 1 aromatic heterocycles. The third-order valence-corrected chi connectivity index (χ3v) is 3.47. The van der Waals surface area contributed by atoms with Crippen LogP contribution in [0.5, 0.6) is 11.5 Å². The van der Waals surface area contributed by atoms with Crippen molar-refractivity contribution in [2.45, 2.75) is 32.7 Å². The molecule has 0 amide bonds. The van der Waals surface area contributed by atoms with Gasteiger partial charge < -0.3 is 10.1 Å². The van der Waals surface area contributed by atoms with E-state index in [9.17, 15) is 0 Å². The molecule has 0 spiro atoms. The summed E-state index contributed by atoms with van der Waals surface area (Å²) < 4.78 is 5.74. The minimum atomic E-state index is 0.300. The van der Waals surface area contributed by atoms with Crippen molar-refractivity contribution in [2.75, 3.05) is 6.54 Å². The first-order chi connectivity index (χ1) is 10.2. The highest BCUT2D eigenvalue weighted by molar-refractivity contribution is 6.30. The van der Waals surface area contributed by atoms with Gasteiger partial charge in [0.1, 0.15) is 11.5 Å². The molecule has 0 bridgehead atoms. The summed E-state index contributed by atoms with van der Waals surface area (Å²) in [5.41, 5.74) is 1.05. The Morgan fingerprint density at radius 2 is 1.81 bits per heavy atom. The summed E-state index contributed by atoms with van der Waals surface area (Å²) in [4.78, 5) is 4.50. The molecule has 0 saturated carbocycles. The van der Waals surface area contributed by atoms with E-state index in [-0.39, 0.29) is 0 Å². The second kappa shape index (κ2) is 8.01. The zero-order valence-electron chi connectivity index (χ0n) is 12.5. The molecule has 1 atom stereocenters. The monoisotopic (exact) mass is 304 g/mol. The van der Waals surface area contributed by atoms with Gasteiger partial charge in [-0.25, -0.2) is 0 Å². The lowest BCUT2D eigenvalue weighted by Crippen LogP contribution is -2.22. The minimum Gasteiger partial charge on any atom is -0.456 e. The van der Waals surface area contributed by atoms with Crippen LogP contribution in [0.2, 0.25) is 5.02 Å². The molecule has 0 aliphatic carbocycles. The number of nitrogens with zero attached hydrogens (tertiary/aromatic N) is 1. The molecule has 1 unspecified atom stereocenters. The van der Waals surface area contributed by atoms with Crippen LogP contribution in [-0.4, -0.2) is 11.5 Å². The van der Waals surface area contributed by atoms with E-state index in [2.05, 4.69) is 24.1 Å². The van der Waals surface area contributed by atoms with E-state index < -0.39 is 0 Å². The van der Waals surface area contributed by atoms with Crippen molar-refractivity contribution >= 4 is 11.6 Å². The van der Waals surface area contributed by atoms with Gasteiger partial charge in [0.15, 0.2) is 0 Å². The maximum atomic E-state index is 5.85. The van der Waals surface area contributed by atoms with Crippen molar-refractivity contribution < 1.29 is 4.74 Å². The van der Waals surface area contributed by atoms with Gasteiger partial charge in [-0.1, -0.05) is 25.4 Å². The molecule has 2 aromatic rings. The van der Waals surface area contributed by atoms with Gasteiger partial charge in [-0.3, -0.25) is 4.98 Å². The van der Waals surface area contributed by atoms with Crippen LogP contribution in [-0.2, 0) is 0 Å². The molecule has 1 N–H and O–H groups in total. The molecule has 1 aromatic carbocycles. The smallest absolute Gasteiger partial charge is 0.145 e. The Hall–Kier alpha value is -1.58. The molecule has 21 heavy (non-hydrogen) atoms. The van der Waals surface area contributed by atoms with Crippen LogP contribution in [0.15, 0.2) is 42.6 Å². The van der Waals surface area contributed by atoms with Gasteiger partial charge in [0, 0.05) is 11.1 Å². The molecule has 0 fully saturated rings. The molecule has 3 nitrogen and oxygen atoms in total. The predicted molar refractivity (Wildman–Crippen MR) is 87.1 cm³/mol. The molecule has 0 saturated heterocycles. The van der Waals surface area contributed by atoms with Crippen molar-refractivity contribution in [3.8, 4) is 11.5 Å². The van der Waals surface area contributed by atoms with Crippen LogP contribution in [0.3, 0.4) is 0 Å². The second-order valence-corrected chi connectivity index (χ2v) is 5.33. The van der Waals surface area contributed by atoms with Crippen molar-refractivity contribution in [3.05, 3.63) is 53.3 Å². The molecule has 2 rings (SSSR count). The standard InChI is InChI=1S/C17H21ClN2O/c1-3-11-19-16(4-2)17-10-9-15(12-20-17)21-14-7-5-13(18)6-8-14/h5-10,12,16,19H,3-4,11H2,1-2H3. The first kappa shape index (κ1) is 15.8. The van der Waals surface area contributed by atoms with Crippen LogP contribution in [0.1, 0.15) is 38.4 Å². The van der Waals surface area contributed by atoms with Crippen molar-refractivity contribution in [2.24, 2.45) is 0 Å². The molecule has 0 aliphatic rings. The highest BCUT2D eigenvalue weighted by Gasteiger charge is 2.09. The zero-order valence-corrected chi connectivity index (χ0v) is 13.2. The highest BCUT2D eigenvalue weighted by Crippen LogP contribution is 2.24. The van der Waals surface area contributed by atoms with Gasteiger partial charge in [0.05, 0.1) is 11.9 Å².